The predicted octanol–water partition coefficient (Wildman–Crippen LogP) is 2.54. The smallest absolute Gasteiger partial charge is 0.165 e. The Hall–Kier alpha value is -1.17. The first-order chi connectivity index (χ1) is 9.69. The van der Waals surface area contributed by atoms with Gasteiger partial charge in [-0.1, -0.05) is 13.0 Å². The summed E-state index contributed by atoms with van der Waals surface area (Å²) < 4.78 is 29.3. The van der Waals surface area contributed by atoms with Crippen molar-refractivity contribution in [1.29, 1.82) is 0 Å². The molecule has 0 bridgehead atoms. The molecule has 0 aliphatic heterocycles. The molecule has 1 unspecified atom stereocenters. The van der Waals surface area contributed by atoms with E-state index in [1.54, 1.807) is 13.2 Å². The average Bonchev–Trinajstić information content (AvgIpc) is 2.44. The van der Waals surface area contributed by atoms with Gasteiger partial charge in [-0.3, -0.25) is 0 Å². The van der Waals surface area contributed by atoms with E-state index in [9.17, 15) is 4.39 Å². The first-order valence-corrected chi connectivity index (χ1v) is 6.91. The lowest BCUT2D eigenvalue weighted by Crippen LogP contribution is -2.18. The van der Waals surface area contributed by atoms with Crippen molar-refractivity contribution in [2.45, 2.75) is 19.9 Å². The van der Waals surface area contributed by atoms with E-state index in [1.807, 2.05) is 19.9 Å². The molecule has 5 heteroatoms. The van der Waals surface area contributed by atoms with Crippen molar-refractivity contribution < 1.29 is 18.6 Å². The Morgan fingerprint density at radius 2 is 1.95 bits per heavy atom. The van der Waals surface area contributed by atoms with Crippen LogP contribution < -0.4 is 10.1 Å². The van der Waals surface area contributed by atoms with E-state index in [2.05, 4.69) is 5.32 Å². The Labute approximate surface area is 120 Å². The topological polar surface area (TPSA) is 39.7 Å². The molecule has 1 aromatic rings. The lowest BCUT2D eigenvalue weighted by Gasteiger charge is -2.14. The Morgan fingerprint density at radius 1 is 1.20 bits per heavy atom. The van der Waals surface area contributed by atoms with Gasteiger partial charge in [0.2, 0.25) is 0 Å². The summed E-state index contributed by atoms with van der Waals surface area (Å²) in [5.74, 6) is -0.0862. The first kappa shape index (κ1) is 16.9. The summed E-state index contributed by atoms with van der Waals surface area (Å²) in [4.78, 5) is 0. The standard InChI is InChI=1S/C15H24FNO3/c1-4-17-12(2)13-5-6-15(14(16)11-13)20-10-9-19-8-7-18-3/h5-6,11-12,17H,4,7-10H2,1-3H3. The molecule has 0 aromatic heterocycles. The minimum atomic E-state index is -0.343. The summed E-state index contributed by atoms with van der Waals surface area (Å²) in [6, 6.07) is 5.17. The molecule has 0 saturated carbocycles. The number of hydrogen-bond donors (Lipinski definition) is 1. The molecule has 0 radical (unpaired) electrons. The van der Waals surface area contributed by atoms with Crippen LogP contribution in [-0.2, 0) is 9.47 Å². The van der Waals surface area contributed by atoms with Crippen LogP contribution in [0, 0.1) is 5.82 Å². The van der Waals surface area contributed by atoms with Gasteiger partial charge in [0.1, 0.15) is 6.61 Å². The van der Waals surface area contributed by atoms with Crippen molar-refractivity contribution in [3.8, 4) is 5.75 Å². The van der Waals surface area contributed by atoms with E-state index in [-0.39, 0.29) is 17.6 Å². The molecular formula is C15H24FNO3. The Morgan fingerprint density at radius 3 is 2.60 bits per heavy atom. The molecule has 0 heterocycles. The van der Waals surface area contributed by atoms with Gasteiger partial charge in [0, 0.05) is 13.2 Å². The molecule has 1 aromatic carbocycles. The highest BCUT2D eigenvalue weighted by Gasteiger charge is 2.09. The molecule has 20 heavy (non-hydrogen) atoms. The van der Waals surface area contributed by atoms with Crippen molar-refractivity contribution in [2.75, 3.05) is 40.1 Å². The second-order valence-corrected chi connectivity index (χ2v) is 4.42. The van der Waals surface area contributed by atoms with Crippen LogP contribution in [0.4, 0.5) is 4.39 Å². The van der Waals surface area contributed by atoms with Gasteiger partial charge >= 0.3 is 0 Å². The molecule has 0 aliphatic rings. The monoisotopic (exact) mass is 285 g/mol. The highest BCUT2D eigenvalue weighted by atomic mass is 19.1. The van der Waals surface area contributed by atoms with Gasteiger partial charge in [-0.15, -0.1) is 0 Å². The fourth-order valence-corrected chi connectivity index (χ4v) is 1.78. The largest absolute Gasteiger partial charge is 0.488 e. The lowest BCUT2D eigenvalue weighted by atomic mass is 10.1. The fourth-order valence-electron chi connectivity index (χ4n) is 1.78. The molecule has 0 fully saturated rings. The van der Waals surface area contributed by atoms with Crippen LogP contribution in [0.15, 0.2) is 18.2 Å². The summed E-state index contributed by atoms with van der Waals surface area (Å²) in [5, 5.41) is 3.24. The van der Waals surface area contributed by atoms with Crippen LogP contribution in [0.1, 0.15) is 25.5 Å². The third-order valence-electron chi connectivity index (χ3n) is 2.88. The summed E-state index contributed by atoms with van der Waals surface area (Å²) in [5.41, 5.74) is 0.910. The highest BCUT2D eigenvalue weighted by molar-refractivity contribution is 5.30. The molecule has 0 amide bonds. The van der Waals surface area contributed by atoms with Crippen LogP contribution in [-0.4, -0.2) is 40.1 Å². The maximum absolute atomic E-state index is 13.9. The van der Waals surface area contributed by atoms with E-state index < -0.39 is 0 Å². The number of methoxy groups -OCH3 is 1. The van der Waals surface area contributed by atoms with Gasteiger partial charge in [0.05, 0.1) is 19.8 Å². The molecule has 4 nitrogen and oxygen atoms in total. The van der Waals surface area contributed by atoms with Crippen LogP contribution in [0.2, 0.25) is 0 Å². The zero-order valence-corrected chi connectivity index (χ0v) is 12.4. The third kappa shape index (κ3) is 5.86. The summed E-state index contributed by atoms with van der Waals surface area (Å²) >= 11 is 0. The zero-order valence-electron chi connectivity index (χ0n) is 12.4. The predicted molar refractivity (Wildman–Crippen MR) is 76.7 cm³/mol. The number of nitrogens with one attached hydrogen (secondary N) is 1. The van der Waals surface area contributed by atoms with Gasteiger partial charge in [-0.05, 0) is 31.2 Å². The van der Waals surface area contributed by atoms with E-state index >= 15 is 0 Å². The van der Waals surface area contributed by atoms with Crippen molar-refractivity contribution in [1.82, 2.24) is 5.32 Å². The van der Waals surface area contributed by atoms with Gasteiger partial charge in [0.15, 0.2) is 11.6 Å². The molecule has 1 rings (SSSR count). The zero-order chi connectivity index (χ0) is 14.8. The maximum Gasteiger partial charge on any atom is 0.165 e. The summed E-state index contributed by atoms with van der Waals surface area (Å²) in [6.45, 7) is 6.67. The van der Waals surface area contributed by atoms with Crippen LogP contribution in [0.25, 0.3) is 0 Å². The third-order valence-corrected chi connectivity index (χ3v) is 2.88. The van der Waals surface area contributed by atoms with E-state index in [0.29, 0.717) is 26.4 Å². The number of halogens is 1. The van der Waals surface area contributed by atoms with E-state index in [0.717, 1.165) is 12.1 Å². The van der Waals surface area contributed by atoms with Crippen molar-refractivity contribution >= 4 is 0 Å². The molecule has 0 aliphatic carbocycles. The molecule has 0 saturated heterocycles. The summed E-state index contributed by atoms with van der Waals surface area (Å²) in [6.07, 6.45) is 0. The van der Waals surface area contributed by atoms with Crippen molar-refractivity contribution in [3.63, 3.8) is 0 Å². The molecule has 0 spiro atoms. The Bertz CT molecular complexity index is 387. The number of benzene rings is 1. The van der Waals surface area contributed by atoms with E-state index in [1.165, 1.54) is 6.07 Å². The minimum absolute atomic E-state index is 0.126. The van der Waals surface area contributed by atoms with Crippen LogP contribution in [0.3, 0.4) is 0 Å². The SMILES string of the molecule is CCNC(C)c1ccc(OCCOCCOC)c(F)c1. The Kier molecular flexibility index (Phi) is 8.18. The normalized spacial score (nSPS) is 12.4. The average molecular weight is 285 g/mol. The molecule has 1 N–H and O–H groups in total. The van der Waals surface area contributed by atoms with Gasteiger partial charge in [-0.25, -0.2) is 4.39 Å². The van der Waals surface area contributed by atoms with Gasteiger partial charge in [-0.2, -0.15) is 0 Å². The minimum Gasteiger partial charge on any atom is -0.488 e. The van der Waals surface area contributed by atoms with Crippen molar-refractivity contribution in [2.24, 2.45) is 0 Å². The van der Waals surface area contributed by atoms with Crippen LogP contribution in [0.5, 0.6) is 5.75 Å². The Balaban J connectivity index is 2.39. The number of rotatable bonds is 10. The van der Waals surface area contributed by atoms with Gasteiger partial charge < -0.3 is 19.5 Å². The van der Waals surface area contributed by atoms with Gasteiger partial charge in [0.25, 0.3) is 0 Å². The second kappa shape index (κ2) is 9.69. The lowest BCUT2D eigenvalue weighted by molar-refractivity contribution is 0.0538. The molecular weight excluding hydrogens is 261 g/mol. The quantitative estimate of drug-likeness (QED) is 0.671. The second-order valence-electron chi connectivity index (χ2n) is 4.42. The number of ether oxygens (including phenoxy) is 3. The molecule has 1 atom stereocenters. The van der Waals surface area contributed by atoms with Crippen molar-refractivity contribution in [3.05, 3.63) is 29.6 Å². The maximum atomic E-state index is 13.9. The summed E-state index contributed by atoms with van der Waals surface area (Å²) in [7, 11) is 1.62. The molecule has 114 valence electrons. The van der Waals surface area contributed by atoms with E-state index in [4.69, 9.17) is 14.2 Å². The number of hydrogen-bond acceptors (Lipinski definition) is 4. The first-order valence-electron chi connectivity index (χ1n) is 6.91. The van der Waals surface area contributed by atoms with Crippen LogP contribution >= 0.6 is 0 Å². The highest BCUT2D eigenvalue weighted by Crippen LogP contribution is 2.21. The fraction of sp³-hybridized carbons (Fsp3) is 0.600.